The van der Waals surface area contributed by atoms with Crippen molar-refractivity contribution in [3.63, 3.8) is 0 Å². The largest absolute Gasteiger partial charge is 0.512 e. The first-order valence-electron chi connectivity index (χ1n) is 15.7. The Morgan fingerprint density at radius 1 is 0.930 bits per heavy atom. The molecule has 0 saturated heterocycles. The third kappa shape index (κ3) is 7.27. The number of nitrogens with zero attached hydrogens (tertiary/aromatic N) is 2. The molecule has 0 aliphatic heterocycles. The molecule has 0 unspecified atom stereocenters. The van der Waals surface area contributed by atoms with Crippen LogP contribution in [0.25, 0.3) is 32.8 Å². The van der Waals surface area contributed by atoms with Crippen LogP contribution < -0.4 is 0 Å². The van der Waals surface area contributed by atoms with Gasteiger partial charge in [0.15, 0.2) is 5.78 Å². The fraction of sp³-hybridized carbons (Fsp3) is 0.447. The van der Waals surface area contributed by atoms with Crippen molar-refractivity contribution in [2.45, 2.75) is 92.9 Å². The number of benzene rings is 2. The summed E-state index contributed by atoms with van der Waals surface area (Å²) >= 11 is 0. The number of pyridine rings is 2. The first-order valence-corrected chi connectivity index (χ1v) is 15.7. The molecule has 1 aliphatic carbocycles. The van der Waals surface area contributed by atoms with Gasteiger partial charge in [0.1, 0.15) is 0 Å². The van der Waals surface area contributed by atoms with Gasteiger partial charge in [-0.15, -0.1) is 23.6 Å². The van der Waals surface area contributed by atoms with E-state index in [1.54, 1.807) is 0 Å². The molecule has 0 spiro atoms. The van der Waals surface area contributed by atoms with E-state index in [-0.39, 0.29) is 48.9 Å². The molecule has 1 radical (unpaired) electrons. The van der Waals surface area contributed by atoms with Crippen molar-refractivity contribution in [2.75, 3.05) is 0 Å². The molecular formula is C38H47IrN2O2-. The number of rotatable bonds is 9. The van der Waals surface area contributed by atoms with Crippen molar-refractivity contribution in [3.8, 4) is 11.3 Å². The predicted octanol–water partition coefficient (Wildman–Crippen LogP) is 9.96. The van der Waals surface area contributed by atoms with Gasteiger partial charge in [0.05, 0.1) is 5.76 Å². The van der Waals surface area contributed by atoms with Gasteiger partial charge in [0.2, 0.25) is 0 Å². The molecule has 0 bridgehead atoms. The molecule has 5 rings (SSSR count). The van der Waals surface area contributed by atoms with Crippen LogP contribution in [0, 0.1) is 23.8 Å². The molecule has 1 N–H and O–H groups in total. The summed E-state index contributed by atoms with van der Waals surface area (Å²) in [6, 6.07) is 14.9. The van der Waals surface area contributed by atoms with E-state index in [1.165, 1.54) is 33.5 Å². The second-order valence-electron chi connectivity index (χ2n) is 12.6. The zero-order valence-electron chi connectivity index (χ0n) is 27.0. The maximum absolute atomic E-state index is 11.7. The number of hydrogen-bond donors (Lipinski definition) is 1. The SMILES string of the molecule is CC(C)Cc1cc2c3c(nccc3c1)-c1[c-]c3ccncc3cc1C2(C)C.CCC(CC)C(=O)/C=C(\O)C(CC)CC.[Ir]. The molecule has 2 aromatic carbocycles. The van der Waals surface area contributed by atoms with Crippen molar-refractivity contribution in [3.05, 3.63) is 83.5 Å². The third-order valence-electron chi connectivity index (χ3n) is 8.91. The number of aliphatic hydroxyl groups is 1. The first kappa shape index (κ1) is 34.6. The number of fused-ring (bicyclic) bond motifs is 3. The van der Waals surface area contributed by atoms with Crippen LogP contribution in [0.2, 0.25) is 0 Å². The van der Waals surface area contributed by atoms with Crippen molar-refractivity contribution in [1.82, 2.24) is 9.97 Å². The molecule has 0 fully saturated rings. The average molecular weight is 756 g/mol. The summed E-state index contributed by atoms with van der Waals surface area (Å²) in [5.41, 5.74) is 6.17. The molecule has 0 saturated carbocycles. The minimum absolute atomic E-state index is 0. The molecule has 2 aromatic heterocycles. The Kier molecular flexibility index (Phi) is 11.9. The smallest absolute Gasteiger partial charge is 0.162 e. The summed E-state index contributed by atoms with van der Waals surface area (Å²) in [4.78, 5) is 20.8. The Morgan fingerprint density at radius 3 is 2.23 bits per heavy atom. The minimum Gasteiger partial charge on any atom is -0.512 e. The van der Waals surface area contributed by atoms with Gasteiger partial charge in [-0.3, -0.25) is 14.8 Å². The van der Waals surface area contributed by atoms with Gasteiger partial charge < -0.3 is 5.11 Å². The third-order valence-corrected chi connectivity index (χ3v) is 8.91. The monoisotopic (exact) mass is 756 g/mol. The van der Waals surface area contributed by atoms with E-state index in [1.807, 2.05) is 52.4 Å². The summed E-state index contributed by atoms with van der Waals surface area (Å²) in [5, 5.41) is 14.6. The van der Waals surface area contributed by atoms with E-state index in [2.05, 4.69) is 63.0 Å². The number of carbonyl (C=O) groups is 1. The van der Waals surface area contributed by atoms with E-state index >= 15 is 0 Å². The number of ketones is 1. The molecule has 0 atom stereocenters. The number of carbonyl (C=O) groups excluding carboxylic acids is 1. The number of aromatic nitrogens is 2. The maximum atomic E-state index is 11.7. The number of hydrogen-bond acceptors (Lipinski definition) is 4. The molecule has 5 heteroatoms. The van der Waals surface area contributed by atoms with Crippen molar-refractivity contribution >= 4 is 27.3 Å². The van der Waals surface area contributed by atoms with Crippen LogP contribution >= 0.6 is 0 Å². The van der Waals surface area contributed by atoms with E-state index in [0.29, 0.717) is 5.92 Å². The van der Waals surface area contributed by atoms with Gasteiger partial charge in [0.25, 0.3) is 0 Å². The second-order valence-corrected chi connectivity index (χ2v) is 12.6. The van der Waals surface area contributed by atoms with Crippen molar-refractivity contribution < 1.29 is 30.0 Å². The first-order chi connectivity index (χ1) is 20.0. The molecular weight excluding hydrogens is 709 g/mol. The Balaban J connectivity index is 0.000000274. The van der Waals surface area contributed by atoms with Gasteiger partial charge in [-0.1, -0.05) is 84.0 Å². The quantitative estimate of drug-likeness (QED) is 0.105. The van der Waals surface area contributed by atoms with Gasteiger partial charge in [0, 0.05) is 49.9 Å². The van der Waals surface area contributed by atoms with Crippen LogP contribution in [0.5, 0.6) is 0 Å². The number of allylic oxidation sites excluding steroid dienone is 2. The zero-order chi connectivity index (χ0) is 30.6. The van der Waals surface area contributed by atoms with Crippen LogP contribution in [0.1, 0.15) is 97.8 Å². The van der Waals surface area contributed by atoms with Crippen LogP contribution in [-0.2, 0) is 36.7 Å². The molecule has 4 aromatic rings. The van der Waals surface area contributed by atoms with Crippen molar-refractivity contribution in [2.24, 2.45) is 17.8 Å². The van der Waals surface area contributed by atoms with E-state index in [9.17, 15) is 9.90 Å². The normalized spacial score (nSPS) is 13.6. The molecule has 4 nitrogen and oxygen atoms in total. The fourth-order valence-electron chi connectivity index (χ4n) is 6.32. The fourth-order valence-corrected chi connectivity index (χ4v) is 6.32. The van der Waals surface area contributed by atoms with E-state index < -0.39 is 0 Å². The van der Waals surface area contributed by atoms with E-state index in [4.69, 9.17) is 4.98 Å². The minimum atomic E-state index is -0.100. The van der Waals surface area contributed by atoms with Gasteiger partial charge >= 0.3 is 0 Å². The summed E-state index contributed by atoms with van der Waals surface area (Å²) in [5.74, 6) is 1.18. The van der Waals surface area contributed by atoms with Crippen LogP contribution in [0.3, 0.4) is 0 Å². The maximum Gasteiger partial charge on any atom is 0.162 e. The summed E-state index contributed by atoms with van der Waals surface area (Å²) in [7, 11) is 0. The topological polar surface area (TPSA) is 63.1 Å². The Morgan fingerprint density at radius 2 is 1.60 bits per heavy atom. The average Bonchev–Trinajstić information content (AvgIpc) is 2.96. The standard InChI is InChI=1S/C25H23N2.C13H24O2.Ir/c1-15(2)9-16-10-18-6-8-27-24-20-12-17-5-7-26-14-19(17)13-21(20)25(3,4)22(11-16)23(18)24;1-5-10(6-2)12(14)9-13(15)11(7-3)8-4;/h5-8,10-11,13-15H,9H2,1-4H3;9-11,14H,5-8H2,1-4H3;/q-1;;/b;12-9-;. The Bertz CT molecular complexity index is 1600. The van der Waals surface area contributed by atoms with Crippen molar-refractivity contribution in [1.29, 1.82) is 0 Å². The number of aliphatic hydroxyl groups excluding tert-OH is 1. The molecule has 2 heterocycles. The van der Waals surface area contributed by atoms with E-state index in [0.717, 1.165) is 54.1 Å². The molecule has 231 valence electrons. The van der Waals surface area contributed by atoms with Gasteiger partial charge in [-0.2, -0.15) is 0 Å². The van der Waals surface area contributed by atoms with Crippen LogP contribution in [0.4, 0.5) is 0 Å². The summed E-state index contributed by atoms with van der Waals surface area (Å²) < 4.78 is 0. The van der Waals surface area contributed by atoms with Crippen LogP contribution in [-0.4, -0.2) is 20.9 Å². The second kappa shape index (κ2) is 14.7. The Hall–Kier alpha value is -2.88. The predicted molar refractivity (Wildman–Crippen MR) is 176 cm³/mol. The summed E-state index contributed by atoms with van der Waals surface area (Å²) in [6.07, 6.45) is 11.7. The molecule has 43 heavy (non-hydrogen) atoms. The molecule has 0 amide bonds. The zero-order valence-corrected chi connectivity index (χ0v) is 29.4. The molecule has 1 aliphatic rings. The summed E-state index contributed by atoms with van der Waals surface area (Å²) in [6.45, 7) is 17.3. The Labute approximate surface area is 271 Å². The van der Waals surface area contributed by atoms with Gasteiger partial charge in [-0.25, -0.2) is 0 Å². The van der Waals surface area contributed by atoms with Crippen LogP contribution in [0.15, 0.2) is 60.8 Å². The van der Waals surface area contributed by atoms with Gasteiger partial charge in [-0.05, 0) is 83.8 Å².